The molecule has 0 fully saturated rings. The Morgan fingerprint density at radius 2 is 1.93 bits per heavy atom. The summed E-state index contributed by atoms with van der Waals surface area (Å²) in [5.41, 5.74) is 0. The second kappa shape index (κ2) is 9.00. The number of carbonyl (C=O) groups is 1. The summed E-state index contributed by atoms with van der Waals surface area (Å²) in [4.78, 5) is 10.2. The number of carbonyl (C=O) groups excluding carboxylic acids is 1. The maximum atomic E-state index is 10.2. The Morgan fingerprint density at radius 1 is 1.29 bits per heavy atom. The summed E-state index contributed by atoms with van der Waals surface area (Å²) in [5, 5.41) is 12.0. The standard InChI is InChI=1S/C11H23NO2/c1-3-4-5-6-7-8-11(10(2)14)12-9-13/h9-11,14H,3-8H2,1-2H3,(H,12,13). The van der Waals surface area contributed by atoms with Crippen molar-refractivity contribution >= 4 is 6.41 Å². The van der Waals surface area contributed by atoms with Crippen LogP contribution in [0.4, 0.5) is 0 Å². The lowest BCUT2D eigenvalue weighted by Gasteiger charge is -2.18. The number of hydrogen-bond acceptors (Lipinski definition) is 2. The van der Waals surface area contributed by atoms with Crippen molar-refractivity contribution in [1.29, 1.82) is 0 Å². The van der Waals surface area contributed by atoms with E-state index < -0.39 is 6.10 Å². The largest absolute Gasteiger partial charge is 0.391 e. The Bertz CT molecular complexity index is 137. The van der Waals surface area contributed by atoms with E-state index in [2.05, 4.69) is 12.2 Å². The minimum absolute atomic E-state index is 0.0749. The van der Waals surface area contributed by atoms with Crippen molar-refractivity contribution in [3.63, 3.8) is 0 Å². The van der Waals surface area contributed by atoms with E-state index in [0.29, 0.717) is 6.41 Å². The molecule has 2 unspecified atom stereocenters. The molecule has 1 amide bonds. The van der Waals surface area contributed by atoms with E-state index >= 15 is 0 Å². The monoisotopic (exact) mass is 201 g/mol. The molecule has 3 nitrogen and oxygen atoms in total. The van der Waals surface area contributed by atoms with Crippen LogP contribution in [0.2, 0.25) is 0 Å². The molecule has 0 spiro atoms. The molecule has 0 saturated heterocycles. The molecule has 14 heavy (non-hydrogen) atoms. The summed E-state index contributed by atoms with van der Waals surface area (Å²) in [7, 11) is 0. The van der Waals surface area contributed by atoms with Gasteiger partial charge in [0.05, 0.1) is 12.1 Å². The fraction of sp³-hybridized carbons (Fsp3) is 0.909. The molecular formula is C11H23NO2. The molecule has 0 saturated carbocycles. The van der Waals surface area contributed by atoms with E-state index in [4.69, 9.17) is 0 Å². The van der Waals surface area contributed by atoms with Gasteiger partial charge in [-0.1, -0.05) is 39.0 Å². The van der Waals surface area contributed by atoms with Gasteiger partial charge < -0.3 is 10.4 Å². The lowest BCUT2D eigenvalue weighted by molar-refractivity contribution is -0.110. The molecule has 0 aromatic heterocycles. The van der Waals surface area contributed by atoms with Gasteiger partial charge in [0.25, 0.3) is 0 Å². The van der Waals surface area contributed by atoms with Crippen LogP contribution < -0.4 is 5.32 Å². The molecule has 0 aliphatic rings. The summed E-state index contributed by atoms with van der Waals surface area (Å²) in [6.07, 6.45) is 7.14. The molecule has 84 valence electrons. The van der Waals surface area contributed by atoms with Gasteiger partial charge in [-0.05, 0) is 13.3 Å². The van der Waals surface area contributed by atoms with Gasteiger partial charge in [-0.25, -0.2) is 0 Å². The van der Waals surface area contributed by atoms with Gasteiger partial charge in [-0.3, -0.25) is 4.79 Å². The van der Waals surface area contributed by atoms with E-state index in [-0.39, 0.29) is 6.04 Å². The minimum atomic E-state index is -0.452. The Balaban J connectivity index is 3.45. The van der Waals surface area contributed by atoms with Crippen molar-refractivity contribution in [3.8, 4) is 0 Å². The van der Waals surface area contributed by atoms with Crippen LogP contribution in [0.1, 0.15) is 52.4 Å². The maximum absolute atomic E-state index is 10.2. The number of amides is 1. The minimum Gasteiger partial charge on any atom is -0.391 e. The molecule has 0 aliphatic heterocycles. The molecule has 0 heterocycles. The molecule has 0 aliphatic carbocycles. The van der Waals surface area contributed by atoms with Gasteiger partial charge in [0.15, 0.2) is 0 Å². The van der Waals surface area contributed by atoms with E-state index in [9.17, 15) is 9.90 Å². The van der Waals surface area contributed by atoms with Crippen molar-refractivity contribution in [1.82, 2.24) is 5.32 Å². The third-order valence-electron chi connectivity index (χ3n) is 2.48. The summed E-state index contributed by atoms with van der Waals surface area (Å²) < 4.78 is 0. The third kappa shape index (κ3) is 6.89. The van der Waals surface area contributed by atoms with E-state index in [1.807, 2.05) is 0 Å². The van der Waals surface area contributed by atoms with Crippen molar-refractivity contribution in [2.24, 2.45) is 0 Å². The van der Waals surface area contributed by atoms with Crippen molar-refractivity contribution in [2.75, 3.05) is 0 Å². The maximum Gasteiger partial charge on any atom is 0.207 e. The fourth-order valence-corrected chi connectivity index (χ4v) is 1.52. The Morgan fingerprint density at radius 3 is 2.43 bits per heavy atom. The van der Waals surface area contributed by atoms with E-state index in [1.165, 1.54) is 25.7 Å². The highest BCUT2D eigenvalue weighted by atomic mass is 16.3. The molecule has 0 aromatic carbocycles. The molecule has 3 heteroatoms. The van der Waals surface area contributed by atoms with Gasteiger partial charge in [0.2, 0.25) is 6.41 Å². The van der Waals surface area contributed by atoms with Gasteiger partial charge >= 0.3 is 0 Å². The summed E-state index contributed by atoms with van der Waals surface area (Å²) in [6.45, 7) is 3.90. The predicted molar refractivity (Wildman–Crippen MR) is 58.0 cm³/mol. The number of aliphatic hydroxyl groups excluding tert-OH is 1. The molecule has 2 N–H and O–H groups in total. The van der Waals surface area contributed by atoms with Crippen LogP contribution in [0.25, 0.3) is 0 Å². The number of unbranched alkanes of at least 4 members (excludes halogenated alkanes) is 4. The zero-order valence-corrected chi connectivity index (χ0v) is 9.33. The molecule has 0 rings (SSSR count). The smallest absolute Gasteiger partial charge is 0.207 e. The molecular weight excluding hydrogens is 178 g/mol. The highest BCUT2D eigenvalue weighted by Gasteiger charge is 2.12. The first kappa shape index (κ1) is 13.4. The third-order valence-corrected chi connectivity index (χ3v) is 2.48. The first-order chi connectivity index (χ1) is 6.72. The van der Waals surface area contributed by atoms with Gasteiger partial charge in [-0.2, -0.15) is 0 Å². The molecule has 0 aromatic rings. The van der Waals surface area contributed by atoms with Gasteiger partial charge in [0.1, 0.15) is 0 Å². The number of aliphatic hydroxyl groups is 1. The molecule has 2 atom stereocenters. The predicted octanol–water partition coefficient (Wildman–Crippen LogP) is 1.84. The Hall–Kier alpha value is -0.570. The Kier molecular flexibility index (Phi) is 8.64. The van der Waals surface area contributed by atoms with Crippen molar-refractivity contribution in [3.05, 3.63) is 0 Å². The van der Waals surface area contributed by atoms with Crippen LogP contribution in [-0.2, 0) is 4.79 Å². The van der Waals surface area contributed by atoms with Crippen LogP contribution in [0.5, 0.6) is 0 Å². The summed E-state index contributed by atoms with van der Waals surface area (Å²) >= 11 is 0. The number of rotatable bonds is 9. The zero-order valence-electron chi connectivity index (χ0n) is 9.33. The van der Waals surface area contributed by atoms with Gasteiger partial charge in [-0.15, -0.1) is 0 Å². The highest BCUT2D eigenvalue weighted by molar-refractivity contribution is 5.46. The first-order valence-corrected chi connectivity index (χ1v) is 5.60. The molecule has 0 radical (unpaired) electrons. The fourth-order valence-electron chi connectivity index (χ4n) is 1.52. The Labute approximate surface area is 86.9 Å². The van der Waals surface area contributed by atoms with Crippen LogP contribution in [0.3, 0.4) is 0 Å². The number of nitrogens with one attached hydrogen (secondary N) is 1. The van der Waals surface area contributed by atoms with Crippen LogP contribution >= 0.6 is 0 Å². The summed E-state index contributed by atoms with van der Waals surface area (Å²) in [5.74, 6) is 0. The zero-order chi connectivity index (χ0) is 10.8. The lowest BCUT2D eigenvalue weighted by atomic mass is 10.0. The average Bonchev–Trinajstić information content (AvgIpc) is 2.15. The van der Waals surface area contributed by atoms with Crippen LogP contribution in [0.15, 0.2) is 0 Å². The second-order valence-corrected chi connectivity index (χ2v) is 3.83. The van der Waals surface area contributed by atoms with E-state index in [0.717, 1.165) is 12.8 Å². The highest BCUT2D eigenvalue weighted by Crippen LogP contribution is 2.09. The van der Waals surface area contributed by atoms with Gasteiger partial charge in [0, 0.05) is 0 Å². The molecule has 0 bridgehead atoms. The number of hydrogen-bond donors (Lipinski definition) is 2. The van der Waals surface area contributed by atoms with Crippen LogP contribution in [0, 0.1) is 0 Å². The second-order valence-electron chi connectivity index (χ2n) is 3.83. The summed E-state index contributed by atoms with van der Waals surface area (Å²) in [6, 6.07) is -0.0749. The normalized spacial score (nSPS) is 14.8. The quantitative estimate of drug-likeness (QED) is 0.442. The lowest BCUT2D eigenvalue weighted by Crippen LogP contribution is -2.37. The average molecular weight is 201 g/mol. The first-order valence-electron chi connectivity index (χ1n) is 5.60. The topological polar surface area (TPSA) is 49.3 Å². The van der Waals surface area contributed by atoms with Crippen LogP contribution in [-0.4, -0.2) is 23.7 Å². The van der Waals surface area contributed by atoms with Crippen molar-refractivity contribution < 1.29 is 9.90 Å². The SMILES string of the molecule is CCCCCCCC(NC=O)C(C)O. The van der Waals surface area contributed by atoms with Crippen molar-refractivity contribution in [2.45, 2.75) is 64.5 Å². The van der Waals surface area contributed by atoms with E-state index in [1.54, 1.807) is 6.92 Å².